The Morgan fingerprint density at radius 3 is 2.65 bits per heavy atom. The van der Waals surface area contributed by atoms with Crippen LogP contribution in [0, 0.1) is 6.92 Å². The molecule has 1 atom stereocenters. The van der Waals surface area contributed by atoms with Gasteiger partial charge in [-0.15, -0.1) is 0 Å². The highest BCUT2D eigenvalue weighted by Crippen LogP contribution is 2.28. The number of aryl methyl sites for hydroxylation is 1. The zero-order valence-electron chi connectivity index (χ0n) is 11.6. The lowest BCUT2D eigenvalue weighted by molar-refractivity contribution is 0.0743. The SMILES string of the molecule is Cc1[nH]nc(N)c1C(=O)N(C)C(C)c1ccccc1Cl. The first kappa shape index (κ1) is 14.4. The number of amides is 1. The van der Waals surface area contributed by atoms with Gasteiger partial charge in [0.15, 0.2) is 5.82 Å². The molecule has 0 bridgehead atoms. The van der Waals surface area contributed by atoms with E-state index in [1.165, 1.54) is 0 Å². The van der Waals surface area contributed by atoms with Crippen molar-refractivity contribution in [2.75, 3.05) is 12.8 Å². The number of aromatic nitrogens is 2. The number of nitrogens with one attached hydrogen (secondary N) is 1. The Balaban J connectivity index is 2.30. The molecule has 0 aliphatic heterocycles. The lowest BCUT2D eigenvalue weighted by Crippen LogP contribution is -2.30. The van der Waals surface area contributed by atoms with E-state index in [0.717, 1.165) is 5.56 Å². The highest BCUT2D eigenvalue weighted by molar-refractivity contribution is 6.31. The minimum atomic E-state index is -0.179. The topological polar surface area (TPSA) is 75.0 Å². The number of benzene rings is 1. The first-order chi connectivity index (χ1) is 9.43. The van der Waals surface area contributed by atoms with Gasteiger partial charge in [-0.1, -0.05) is 29.8 Å². The normalized spacial score (nSPS) is 12.2. The van der Waals surface area contributed by atoms with Gasteiger partial charge in [0.25, 0.3) is 5.91 Å². The number of H-pyrrole nitrogens is 1. The molecule has 0 radical (unpaired) electrons. The summed E-state index contributed by atoms with van der Waals surface area (Å²) in [7, 11) is 1.72. The predicted molar refractivity (Wildman–Crippen MR) is 79.7 cm³/mol. The van der Waals surface area contributed by atoms with Gasteiger partial charge >= 0.3 is 0 Å². The number of nitrogen functional groups attached to an aromatic ring is 1. The molecule has 2 aromatic rings. The van der Waals surface area contributed by atoms with Gasteiger partial charge in [-0.2, -0.15) is 5.10 Å². The number of rotatable bonds is 3. The number of hydrogen-bond donors (Lipinski definition) is 2. The second kappa shape index (κ2) is 5.54. The Bertz CT molecular complexity index is 618. The van der Waals surface area contributed by atoms with Crippen LogP contribution in [-0.2, 0) is 0 Å². The molecule has 1 amide bonds. The highest BCUT2D eigenvalue weighted by Gasteiger charge is 2.24. The molecule has 1 unspecified atom stereocenters. The standard InChI is InChI=1S/C14H17ClN4O/c1-8-12(13(16)18-17-8)14(20)19(3)9(2)10-6-4-5-7-11(10)15/h4-7,9H,1-3H3,(H3,16,17,18). The number of carbonyl (C=O) groups is 1. The Morgan fingerprint density at radius 2 is 2.10 bits per heavy atom. The van der Waals surface area contributed by atoms with E-state index in [4.69, 9.17) is 17.3 Å². The number of carbonyl (C=O) groups excluding carboxylic acids is 1. The van der Waals surface area contributed by atoms with Crippen LogP contribution in [0.1, 0.15) is 34.6 Å². The van der Waals surface area contributed by atoms with E-state index in [9.17, 15) is 4.79 Å². The van der Waals surface area contributed by atoms with E-state index in [2.05, 4.69) is 10.2 Å². The number of anilines is 1. The van der Waals surface area contributed by atoms with Gasteiger partial charge in [0.05, 0.1) is 6.04 Å². The zero-order valence-corrected chi connectivity index (χ0v) is 12.4. The molecule has 2 rings (SSSR count). The van der Waals surface area contributed by atoms with E-state index in [1.54, 1.807) is 18.9 Å². The Labute approximate surface area is 122 Å². The maximum Gasteiger partial charge on any atom is 0.259 e. The molecule has 3 N–H and O–H groups in total. The van der Waals surface area contributed by atoms with E-state index in [0.29, 0.717) is 16.3 Å². The van der Waals surface area contributed by atoms with Crippen molar-refractivity contribution in [1.82, 2.24) is 15.1 Å². The molecular formula is C14H17ClN4O. The van der Waals surface area contributed by atoms with E-state index in [-0.39, 0.29) is 17.8 Å². The van der Waals surface area contributed by atoms with Crippen LogP contribution in [0.4, 0.5) is 5.82 Å². The summed E-state index contributed by atoms with van der Waals surface area (Å²) >= 11 is 6.17. The van der Waals surface area contributed by atoms with Crippen molar-refractivity contribution in [3.8, 4) is 0 Å². The van der Waals surface area contributed by atoms with E-state index >= 15 is 0 Å². The molecule has 106 valence electrons. The molecule has 5 nitrogen and oxygen atoms in total. The second-order valence-corrected chi connectivity index (χ2v) is 5.13. The molecular weight excluding hydrogens is 276 g/mol. The van der Waals surface area contributed by atoms with E-state index < -0.39 is 0 Å². The largest absolute Gasteiger partial charge is 0.382 e. The molecule has 1 aromatic carbocycles. The minimum Gasteiger partial charge on any atom is -0.382 e. The van der Waals surface area contributed by atoms with Crippen LogP contribution in [-0.4, -0.2) is 28.1 Å². The fraction of sp³-hybridized carbons (Fsp3) is 0.286. The van der Waals surface area contributed by atoms with Crippen LogP contribution in [0.5, 0.6) is 0 Å². The van der Waals surface area contributed by atoms with Crippen molar-refractivity contribution in [1.29, 1.82) is 0 Å². The van der Waals surface area contributed by atoms with Crippen molar-refractivity contribution >= 4 is 23.3 Å². The van der Waals surface area contributed by atoms with Crippen LogP contribution in [0.25, 0.3) is 0 Å². The minimum absolute atomic E-state index is 0.162. The molecule has 1 heterocycles. The quantitative estimate of drug-likeness (QED) is 0.913. The van der Waals surface area contributed by atoms with Crippen molar-refractivity contribution < 1.29 is 4.79 Å². The summed E-state index contributed by atoms with van der Waals surface area (Å²) in [6.45, 7) is 3.69. The smallest absolute Gasteiger partial charge is 0.259 e. The summed E-state index contributed by atoms with van der Waals surface area (Å²) in [5.74, 6) is 0.0341. The molecule has 0 aliphatic rings. The first-order valence-electron chi connectivity index (χ1n) is 6.25. The Kier molecular flexibility index (Phi) is 3.99. The third kappa shape index (κ3) is 2.49. The maximum absolute atomic E-state index is 12.5. The van der Waals surface area contributed by atoms with Gasteiger partial charge in [-0.05, 0) is 25.5 Å². The monoisotopic (exact) mass is 292 g/mol. The summed E-state index contributed by atoms with van der Waals surface area (Å²) in [6.07, 6.45) is 0. The maximum atomic E-state index is 12.5. The molecule has 0 aliphatic carbocycles. The van der Waals surface area contributed by atoms with Crippen LogP contribution >= 0.6 is 11.6 Å². The summed E-state index contributed by atoms with van der Waals surface area (Å²) in [6, 6.07) is 7.31. The van der Waals surface area contributed by atoms with Crippen LogP contribution in [0.2, 0.25) is 5.02 Å². The average Bonchev–Trinajstić information content (AvgIpc) is 2.76. The fourth-order valence-electron chi connectivity index (χ4n) is 2.09. The average molecular weight is 293 g/mol. The number of halogens is 1. The Hall–Kier alpha value is -2.01. The van der Waals surface area contributed by atoms with Gasteiger partial charge in [0.2, 0.25) is 0 Å². The highest BCUT2D eigenvalue weighted by atomic mass is 35.5. The number of aromatic amines is 1. The molecule has 20 heavy (non-hydrogen) atoms. The van der Waals surface area contributed by atoms with Gasteiger partial charge in [-0.25, -0.2) is 0 Å². The van der Waals surface area contributed by atoms with Crippen molar-refractivity contribution in [3.63, 3.8) is 0 Å². The lowest BCUT2D eigenvalue weighted by atomic mass is 10.1. The first-order valence-corrected chi connectivity index (χ1v) is 6.63. The van der Waals surface area contributed by atoms with Crippen LogP contribution in [0.3, 0.4) is 0 Å². The molecule has 0 saturated carbocycles. The third-order valence-electron chi connectivity index (χ3n) is 3.45. The second-order valence-electron chi connectivity index (χ2n) is 4.72. The molecule has 0 saturated heterocycles. The molecule has 0 fully saturated rings. The fourth-order valence-corrected chi connectivity index (χ4v) is 2.39. The van der Waals surface area contributed by atoms with Crippen molar-refractivity contribution in [2.45, 2.75) is 19.9 Å². The Morgan fingerprint density at radius 1 is 1.45 bits per heavy atom. The summed E-state index contributed by atoms with van der Waals surface area (Å²) in [5.41, 5.74) is 7.69. The number of nitrogens with two attached hydrogens (primary N) is 1. The number of hydrogen-bond acceptors (Lipinski definition) is 3. The zero-order chi connectivity index (χ0) is 14.9. The van der Waals surface area contributed by atoms with Crippen molar-refractivity contribution in [3.05, 3.63) is 46.1 Å². The molecule has 6 heteroatoms. The molecule has 1 aromatic heterocycles. The molecule has 0 spiro atoms. The predicted octanol–water partition coefficient (Wildman–Crippen LogP) is 2.79. The van der Waals surface area contributed by atoms with Gasteiger partial charge in [0.1, 0.15) is 5.56 Å². The van der Waals surface area contributed by atoms with Gasteiger partial charge < -0.3 is 10.6 Å². The van der Waals surface area contributed by atoms with Crippen molar-refractivity contribution in [2.24, 2.45) is 0 Å². The summed E-state index contributed by atoms with van der Waals surface area (Å²) < 4.78 is 0. The van der Waals surface area contributed by atoms with Gasteiger partial charge in [0, 0.05) is 17.8 Å². The lowest BCUT2D eigenvalue weighted by Gasteiger charge is -2.26. The van der Waals surface area contributed by atoms with Crippen LogP contribution in [0.15, 0.2) is 24.3 Å². The van der Waals surface area contributed by atoms with Crippen LogP contribution < -0.4 is 5.73 Å². The van der Waals surface area contributed by atoms with E-state index in [1.807, 2.05) is 31.2 Å². The third-order valence-corrected chi connectivity index (χ3v) is 3.79. The summed E-state index contributed by atoms with van der Waals surface area (Å²) in [4.78, 5) is 14.1. The van der Waals surface area contributed by atoms with Gasteiger partial charge in [-0.3, -0.25) is 9.89 Å². The number of nitrogens with zero attached hydrogens (tertiary/aromatic N) is 2. The summed E-state index contributed by atoms with van der Waals surface area (Å²) in [5, 5.41) is 7.20.